The highest BCUT2D eigenvalue weighted by atomic mass is 32.2. The van der Waals surface area contributed by atoms with Gasteiger partial charge in [-0.15, -0.1) is 0 Å². The van der Waals surface area contributed by atoms with Gasteiger partial charge in [0.2, 0.25) is 0 Å². The first-order chi connectivity index (χ1) is 10.3. The summed E-state index contributed by atoms with van der Waals surface area (Å²) in [6.07, 6.45) is 1.46. The summed E-state index contributed by atoms with van der Waals surface area (Å²) in [6, 6.07) is 2.49. The fraction of sp³-hybridized carbons (Fsp3) is 0.231. The third kappa shape index (κ3) is 3.04. The number of rotatable bonds is 4. The Labute approximate surface area is 135 Å². The summed E-state index contributed by atoms with van der Waals surface area (Å²) in [4.78, 5) is 23.8. The van der Waals surface area contributed by atoms with Crippen molar-refractivity contribution in [2.75, 3.05) is 13.7 Å². The Bertz CT molecular complexity index is 702. The van der Waals surface area contributed by atoms with Crippen LogP contribution in [0.1, 0.15) is 12.5 Å². The Balaban J connectivity index is 2.50. The number of hydrogen-bond donors (Lipinski definition) is 0. The summed E-state index contributed by atoms with van der Waals surface area (Å²) >= 11 is 6.11. The average molecular weight is 339 g/mol. The van der Waals surface area contributed by atoms with E-state index in [1.807, 2.05) is 0 Å². The van der Waals surface area contributed by atoms with Crippen molar-refractivity contribution in [3.8, 4) is 11.5 Å². The third-order valence-corrected chi connectivity index (χ3v) is 4.32. The van der Waals surface area contributed by atoms with E-state index in [9.17, 15) is 20.0 Å². The Morgan fingerprint density at radius 1 is 1.50 bits per heavy atom. The van der Waals surface area contributed by atoms with Crippen LogP contribution in [0.3, 0.4) is 0 Å². The molecule has 1 aliphatic heterocycles. The van der Waals surface area contributed by atoms with Gasteiger partial charge in [-0.05, 0) is 24.6 Å². The predicted octanol–water partition coefficient (Wildman–Crippen LogP) is 1.90. The van der Waals surface area contributed by atoms with Crippen LogP contribution >= 0.6 is 24.0 Å². The van der Waals surface area contributed by atoms with Crippen LogP contribution in [0.15, 0.2) is 17.0 Å². The normalized spacial score (nSPS) is 16.5. The maximum absolute atomic E-state index is 11.9. The fourth-order valence-electron chi connectivity index (χ4n) is 1.79. The first-order valence-corrected chi connectivity index (χ1v) is 7.41. The number of carbonyl (C=O) groups is 1. The molecule has 2 rings (SSSR count). The molecule has 116 valence electrons. The summed E-state index contributed by atoms with van der Waals surface area (Å²) < 4.78 is 5.53. The number of nitro groups is 1. The minimum Gasteiger partial charge on any atom is -0.865 e. The first kappa shape index (κ1) is 16.2. The van der Waals surface area contributed by atoms with Crippen molar-refractivity contribution in [1.82, 2.24) is 4.90 Å². The van der Waals surface area contributed by atoms with Gasteiger partial charge in [-0.1, -0.05) is 24.0 Å². The van der Waals surface area contributed by atoms with Gasteiger partial charge in [-0.2, -0.15) is 0 Å². The van der Waals surface area contributed by atoms with E-state index in [1.165, 1.54) is 17.0 Å². The molecule has 0 bridgehead atoms. The summed E-state index contributed by atoms with van der Waals surface area (Å²) in [5.74, 6) is -1.19. The zero-order chi connectivity index (χ0) is 16.4. The largest absolute Gasteiger partial charge is 0.865 e. The molecule has 1 fully saturated rings. The van der Waals surface area contributed by atoms with Crippen molar-refractivity contribution < 1.29 is 19.6 Å². The van der Waals surface area contributed by atoms with Crippen LogP contribution in [-0.4, -0.2) is 33.7 Å². The number of nitrogens with zero attached hydrogens (tertiary/aromatic N) is 2. The number of carbonyl (C=O) groups excluding carboxylic acids is 1. The highest BCUT2D eigenvalue weighted by Gasteiger charge is 2.28. The highest BCUT2D eigenvalue weighted by Crippen LogP contribution is 2.37. The SMILES string of the molecule is CCOc1cc(/C=C2/SC(=S)N(C)C2=O)cc([N+](=O)[O-])c1[O-]. The number of thioether (sulfide) groups is 1. The number of thiocarbonyl (C=S) groups is 1. The summed E-state index contributed by atoms with van der Waals surface area (Å²) in [6.45, 7) is 1.87. The van der Waals surface area contributed by atoms with Crippen LogP contribution in [-0.2, 0) is 4.79 Å². The van der Waals surface area contributed by atoms with Crippen LogP contribution in [0, 0.1) is 10.1 Å². The smallest absolute Gasteiger partial charge is 0.266 e. The number of nitro benzene ring substituents is 1. The molecular formula is C13H11N2O5S2-. The summed E-state index contributed by atoms with van der Waals surface area (Å²) in [5.41, 5.74) is -0.257. The number of benzene rings is 1. The predicted molar refractivity (Wildman–Crippen MR) is 84.6 cm³/mol. The molecule has 1 aromatic carbocycles. The Morgan fingerprint density at radius 2 is 2.18 bits per heavy atom. The highest BCUT2D eigenvalue weighted by molar-refractivity contribution is 8.26. The minimum atomic E-state index is -0.785. The molecule has 1 aromatic rings. The molecule has 0 atom stereocenters. The van der Waals surface area contributed by atoms with Crippen molar-refractivity contribution in [1.29, 1.82) is 0 Å². The summed E-state index contributed by atoms with van der Waals surface area (Å²) in [5, 5.41) is 22.8. The van der Waals surface area contributed by atoms with E-state index in [4.69, 9.17) is 17.0 Å². The van der Waals surface area contributed by atoms with Gasteiger partial charge in [0.25, 0.3) is 11.6 Å². The molecule has 1 heterocycles. The second kappa shape index (κ2) is 6.32. The van der Waals surface area contributed by atoms with E-state index in [0.29, 0.717) is 14.8 Å². The second-order valence-corrected chi connectivity index (χ2v) is 5.97. The first-order valence-electron chi connectivity index (χ1n) is 6.19. The van der Waals surface area contributed by atoms with Gasteiger partial charge in [0.1, 0.15) is 10.1 Å². The van der Waals surface area contributed by atoms with Gasteiger partial charge in [0, 0.05) is 18.9 Å². The Hall–Kier alpha value is -2.13. The van der Waals surface area contributed by atoms with Gasteiger partial charge in [0.15, 0.2) is 0 Å². The second-order valence-electron chi connectivity index (χ2n) is 4.30. The lowest BCUT2D eigenvalue weighted by Crippen LogP contribution is -2.22. The number of ether oxygens (including phenoxy) is 1. The maximum atomic E-state index is 11.9. The van der Waals surface area contributed by atoms with Crippen molar-refractivity contribution in [3.05, 3.63) is 32.7 Å². The molecule has 0 radical (unpaired) electrons. The summed E-state index contributed by atoms with van der Waals surface area (Å²) in [7, 11) is 1.55. The number of likely N-dealkylation sites (N-methyl/N-ethyl adjacent to an activating group) is 1. The zero-order valence-corrected chi connectivity index (χ0v) is 13.3. The lowest BCUT2D eigenvalue weighted by molar-refractivity contribution is -0.398. The molecule has 0 aliphatic carbocycles. The van der Waals surface area contributed by atoms with E-state index in [2.05, 4.69) is 0 Å². The van der Waals surface area contributed by atoms with Crippen LogP contribution in [0.5, 0.6) is 11.5 Å². The lowest BCUT2D eigenvalue weighted by atomic mass is 10.1. The van der Waals surface area contributed by atoms with Crippen LogP contribution in [0.4, 0.5) is 5.69 Å². The van der Waals surface area contributed by atoms with Crippen molar-refractivity contribution in [2.24, 2.45) is 0 Å². The lowest BCUT2D eigenvalue weighted by Gasteiger charge is -2.14. The Morgan fingerprint density at radius 3 is 2.68 bits per heavy atom. The molecule has 0 unspecified atom stereocenters. The minimum absolute atomic E-state index is 0.116. The number of amides is 1. The molecule has 0 spiro atoms. The van der Waals surface area contributed by atoms with Crippen LogP contribution in [0.25, 0.3) is 6.08 Å². The van der Waals surface area contributed by atoms with E-state index >= 15 is 0 Å². The molecular weight excluding hydrogens is 328 g/mol. The van der Waals surface area contributed by atoms with Crippen molar-refractivity contribution >= 4 is 46.0 Å². The van der Waals surface area contributed by atoms with E-state index in [-0.39, 0.29) is 18.3 Å². The molecule has 1 aliphatic rings. The quantitative estimate of drug-likeness (QED) is 0.358. The van der Waals surface area contributed by atoms with Gasteiger partial charge in [-0.3, -0.25) is 19.8 Å². The molecule has 0 N–H and O–H groups in total. The third-order valence-electron chi connectivity index (χ3n) is 2.84. The van der Waals surface area contributed by atoms with E-state index in [1.54, 1.807) is 14.0 Å². The van der Waals surface area contributed by atoms with Crippen molar-refractivity contribution in [3.63, 3.8) is 0 Å². The fourth-order valence-corrected chi connectivity index (χ4v) is 2.97. The van der Waals surface area contributed by atoms with E-state index < -0.39 is 16.4 Å². The Kier molecular flexibility index (Phi) is 4.67. The topological polar surface area (TPSA) is 95.7 Å². The van der Waals surface area contributed by atoms with E-state index in [0.717, 1.165) is 17.8 Å². The average Bonchev–Trinajstić information content (AvgIpc) is 2.69. The molecule has 1 amide bonds. The molecule has 1 saturated heterocycles. The molecule has 9 heteroatoms. The van der Waals surface area contributed by atoms with Crippen molar-refractivity contribution in [2.45, 2.75) is 6.92 Å². The molecule has 22 heavy (non-hydrogen) atoms. The molecule has 0 aromatic heterocycles. The maximum Gasteiger partial charge on any atom is 0.266 e. The van der Waals surface area contributed by atoms with Crippen LogP contribution < -0.4 is 9.84 Å². The van der Waals surface area contributed by atoms with Gasteiger partial charge in [-0.25, -0.2) is 0 Å². The zero-order valence-electron chi connectivity index (χ0n) is 11.7. The van der Waals surface area contributed by atoms with Gasteiger partial charge in [0.05, 0.1) is 16.4 Å². The molecule has 0 saturated carbocycles. The number of hydrogen-bond acceptors (Lipinski definition) is 7. The standard InChI is InChI=1S/C13H12N2O5S2/c1-3-20-9-5-7(4-8(11(9)16)15(18)19)6-10-12(17)14(2)13(21)22-10/h4-6,16H,3H2,1-2H3/p-1/b10-6+. The van der Waals surface area contributed by atoms with Crippen LogP contribution in [0.2, 0.25) is 0 Å². The van der Waals surface area contributed by atoms with Gasteiger partial charge < -0.3 is 9.84 Å². The monoisotopic (exact) mass is 339 g/mol. The molecule has 7 nitrogen and oxygen atoms in total. The van der Waals surface area contributed by atoms with Gasteiger partial charge >= 0.3 is 0 Å².